The predicted octanol–water partition coefficient (Wildman–Crippen LogP) is 1.99. The van der Waals surface area contributed by atoms with Gasteiger partial charge in [0.1, 0.15) is 11.6 Å². The molecule has 36 heavy (non-hydrogen) atoms. The molecule has 1 amide bonds. The first-order valence-corrected chi connectivity index (χ1v) is 12.0. The van der Waals surface area contributed by atoms with E-state index in [0.717, 1.165) is 24.1 Å². The summed E-state index contributed by atoms with van der Waals surface area (Å²) in [7, 11) is 0. The van der Waals surface area contributed by atoms with Crippen molar-refractivity contribution in [3.63, 3.8) is 0 Å². The Morgan fingerprint density at radius 3 is 2.58 bits per heavy atom. The average molecular weight is 489 g/mol. The molecular weight excluding hydrogens is 460 g/mol. The summed E-state index contributed by atoms with van der Waals surface area (Å²) in [6.07, 6.45) is 0.942. The minimum absolute atomic E-state index is 0.247. The van der Waals surface area contributed by atoms with Crippen LogP contribution in [0.15, 0.2) is 64.2 Å². The summed E-state index contributed by atoms with van der Waals surface area (Å²) in [6, 6.07) is 17.0. The standard InChI is InChI=1S/C26H28N6O4/c1-2-3-13-31-21(16-30-15-20(23(27)33)36-19-12-8-7-11-18(19)30)28-24-22(31)25(34)29-26(35)32(24)14-17-9-5-4-6-10-17/h4-12,20H,2-3,13-16H2,1H3,(H2,27,33)(H,29,34,35). The quantitative estimate of drug-likeness (QED) is 0.390. The van der Waals surface area contributed by atoms with E-state index in [-0.39, 0.29) is 13.1 Å². The minimum atomic E-state index is -0.812. The van der Waals surface area contributed by atoms with Gasteiger partial charge in [-0.2, -0.15) is 0 Å². The Kier molecular flexibility index (Phi) is 6.32. The van der Waals surface area contributed by atoms with Crippen molar-refractivity contribution in [2.45, 2.75) is 45.5 Å². The van der Waals surface area contributed by atoms with Crippen molar-refractivity contribution in [2.24, 2.45) is 5.73 Å². The molecule has 186 valence electrons. The molecule has 3 N–H and O–H groups in total. The molecule has 0 saturated heterocycles. The molecule has 2 aromatic carbocycles. The highest BCUT2D eigenvalue weighted by Gasteiger charge is 2.30. The Bertz CT molecular complexity index is 1520. The normalized spacial score (nSPS) is 15.0. The van der Waals surface area contributed by atoms with Crippen molar-refractivity contribution in [3.8, 4) is 5.75 Å². The molecule has 1 aliphatic heterocycles. The summed E-state index contributed by atoms with van der Waals surface area (Å²) < 4.78 is 9.17. The largest absolute Gasteiger partial charge is 0.477 e. The lowest BCUT2D eigenvalue weighted by atomic mass is 10.2. The number of imidazole rings is 1. The molecule has 0 aliphatic carbocycles. The lowest BCUT2D eigenvalue weighted by Crippen LogP contribution is -2.47. The van der Waals surface area contributed by atoms with Gasteiger partial charge >= 0.3 is 5.69 Å². The highest BCUT2D eigenvalue weighted by atomic mass is 16.5. The zero-order chi connectivity index (χ0) is 25.2. The van der Waals surface area contributed by atoms with Crippen molar-refractivity contribution in [1.82, 2.24) is 19.1 Å². The van der Waals surface area contributed by atoms with Gasteiger partial charge in [0.25, 0.3) is 11.5 Å². The molecule has 10 nitrogen and oxygen atoms in total. The first-order valence-electron chi connectivity index (χ1n) is 12.0. The van der Waals surface area contributed by atoms with Crippen LogP contribution in [0.3, 0.4) is 0 Å². The van der Waals surface area contributed by atoms with Gasteiger partial charge in [-0.25, -0.2) is 9.78 Å². The van der Waals surface area contributed by atoms with E-state index < -0.39 is 23.3 Å². The van der Waals surface area contributed by atoms with Crippen molar-refractivity contribution in [3.05, 3.63) is 86.8 Å². The lowest BCUT2D eigenvalue weighted by molar-refractivity contribution is -0.124. The molecule has 0 saturated carbocycles. The van der Waals surface area contributed by atoms with Crippen LogP contribution in [0.4, 0.5) is 5.69 Å². The molecule has 1 unspecified atom stereocenters. The zero-order valence-electron chi connectivity index (χ0n) is 20.0. The average Bonchev–Trinajstić information content (AvgIpc) is 3.24. The number of nitrogens with two attached hydrogens (primary N) is 1. The number of H-pyrrole nitrogens is 1. The number of para-hydroxylation sites is 2. The third kappa shape index (κ3) is 4.37. The van der Waals surface area contributed by atoms with E-state index in [9.17, 15) is 14.4 Å². The van der Waals surface area contributed by atoms with Crippen LogP contribution in [-0.2, 0) is 24.4 Å². The SMILES string of the molecule is CCCCn1c(CN2CC(C(N)=O)Oc3ccccc32)nc2c1c(=O)[nH]c(=O)n2Cc1ccccc1. The van der Waals surface area contributed by atoms with Crippen LogP contribution in [0, 0.1) is 0 Å². The Balaban J connectivity index is 1.63. The van der Waals surface area contributed by atoms with Gasteiger partial charge in [0.05, 0.1) is 25.3 Å². The number of amides is 1. The maximum absolute atomic E-state index is 13.0. The number of hydrogen-bond acceptors (Lipinski definition) is 6. The lowest BCUT2D eigenvalue weighted by Gasteiger charge is -2.34. The van der Waals surface area contributed by atoms with Crippen molar-refractivity contribution in [1.29, 1.82) is 0 Å². The van der Waals surface area contributed by atoms with E-state index in [1.165, 1.54) is 4.57 Å². The minimum Gasteiger partial charge on any atom is -0.477 e. The summed E-state index contributed by atoms with van der Waals surface area (Å²) in [5.74, 6) is 0.626. The maximum atomic E-state index is 13.0. The molecule has 0 spiro atoms. The highest BCUT2D eigenvalue weighted by molar-refractivity contribution is 5.81. The maximum Gasteiger partial charge on any atom is 0.330 e. The van der Waals surface area contributed by atoms with Gasteiger partial charge in [0.15, 0.2) is 17.3 Å². The predicted molar refractivity (Wildman–Crippen MR) is 136 cm³/mol. The summed E-state index contributed by atoms with van der Waals surface area (Å²) in [5.41, 5.74) is 7.03. The molecule has 3 heterocycles. The number of aromatic amines is 1. The molecule has 1 aliphatic rings. The number of hydrogen-bond donors (Lipinski definition) is 2. The topological polar surface area (TPSA) is 128 Å². The van der Waals surface area contributed by atoms with Crippen LogP contribution in [0.2, 0.25) is 0 Å². The van der Waals surface area contributed by atoms with E-state index in [0.29, 0.717) is 35.8 Å². The third-order valence-corrected chi connectivity index (χ3v) is 6.39. The van der Waals surface area contributed by atoms with Gasteiger partial charge in [-0.1, -0.05) is 55.8 Å². The number of ether oxygens (including phenoxy) is 1. The Morgan fingerprint density at radius 1 is 1.08 bits per heavy atom. The molecule has 2 aromatic heterocycles. The van der Waals surface area contributed by atoms with Gasteiger partial charge in [-0.15, -0.1) is 0 Å². The smallest absolute Gasteiger partial charge is 0.330 e. The molecule has 0 radical (unpaired) electrons. The summed E-state index contributed by atoms with van der Waals surface area (Å²) in [4.78, 5) is 47.1. The fraction of sp³-hybridized carbons (Fsp3) is 0.308. The van der Waals surface area contributed by atoms with E-state index in [2.05, 4.69) is 11.9 Å². The second-order valence-corrected chi connectivity index (χ2v) is 8.89. The van der Waals surface area contributed by atoms with Gasteiger partial charge < -0.3 is 19.9 Å². The molecule has 0 fully saturated rings. The first-order chi connectivity index (χ1) is 17.5. The van der Waals surface area contributed by atoms with Gasteiger partial charge in [-0.3, -0.25) is 19.1 Å². The number of primary amides is 1. The van der Waals surface area contributed by atoms with E-state index in [1.807, 2.05) is 58.0 Å². The van der Waals surface area contributed by atoms with E-state index in [1.54, 1.807) is 6.07 Å². The van der Waals surface area contributed by atoms with Crippen LogP contribution in [0.1, 0.15) is 31.2 Å². The summed E-state index contributed by atoms with van der Waals surface area (Å²) >= 11 is 0. The summed E-state index contributed by atoms with van der Waals surface area (Å²) in [6.45, 7) is 3.48. The number of nitrogens with zero attached hydrogens (tertiary/aromatic N) is 4. The number of aromatic nitrogens is 4. The molecule has 4 aromatic rings. The number of anilines is 1. The van der Waals surface area contributed by atoms with Gasteiger partial charge in [0.2, 0.25) is 0 Å². The molecular formula is C26H28N6O4. The van der Waals surface area contributed by atoms with Crippen molar-refractivity contribution >= 4 is 22.8 Å². The number of nitrogens with one attached hydrogen (secondary N) is 1. The van der Waals surface area contributed by atoms with Crippen LogP contribution < -0.4 is 26.6 Å². The molecule has 5 rings (SSSR count). The van der Waals surface area contributed by atoms with Gasteiger partial charge in [0, 0.05) is 6.54 Å². The zero-order valence-corrected chi connectivity index (χ0v) is 20.0. The van der Waals surface area contributed by atoms with Crippen molar-refractivity contribution < 1.29 is 9.53 Å². The monoisotopic (exact) mass is 488 g/mol. The number of rotatable bonds is 8. The number of unbranched alkanes of at least 4 members (excludes halogenated alkanes) is 1. The Hall–Kier alpha value is -4.34. The molecule has 0 bridgehead atoms. The molecule has 1 atom stereocenters. The number of fused-ring (bicyclic) bond motifs is 2. The third-order valence-electron chi connectivity index (χ3n) is 6.39. The number of carbonyl (C=O) groups is 1. The van der Waals surface area contributed by atoms with Gasteiger partial charge in [-0.05, 0) is 24.1 Å². The number of carbonyl (C=O) groups excluding carboxylic acids is 1. The second-order valence-electron chi connectivity index (χ2n) is 8.89. The Morgan fingerprint density at radius 2 is 1.83 bits per heavy atom. The number of benzene rings is 2. The van der Waals surface area contributed by atoms with Crippen LogP contribution in [-0.4, -0.2) is 37.7 Å². The highest BCUT2D eigenvalue weighted by Crippen LogP contribution is 2.34. The molecule has 10 heteroatoms. The van der Waals surface area contributed by atoms with E-state index in [4.69, 9.17) is 15.5 Å². The first kappa shape index (κ1) is 23.4. The van der Waals surface area contributed by atoms with Crippen LogP contribution in [0.5, 0.6) is 5.75 Å². The second kappa shape index (κ2) is 9.73. The summed E-state index contributed by atoms with van der Waals surface area (Å²) in [5, 5.41) is 0. The van der Waals surface area contributed by atoms with E-state index >= 15 is 0 Å². The fourth-order valence-electron chi connectivity index (χ4n) is 4.58. The fourth-order valence-corrected chi connectivity index (χ4v) is 4.58. The van der Waals surface area contributed by atoms with Crippen molar-refractivity contribution in [2.75, 3.05) is 11.4 Å². The van der Waals surface area contributed by atoms with Crippen LogP contribution in [0.25, 0.3) is 11.2 Å². The van der Waals surface area contributed by atoms with Crippen LogP contribution >= 0.6 is 0 Å². The number of aryl methyl sites for hydroxylation is 1. The Labute approximate surface area is 206 Å².